The molecular weight excluding hydrogens is 572 g/mol. The highest BCUT2D eigenvalue weighted by atomic mass is 16.5. The van der Waals surface area contributed by atoms with Crippen LogP contribution in [0.2, 0.25) is 0 Å². The fraction of sp³-hybridized carbons (Fsp3) is 0.571. The smallest absolute Gasteiger partial charge is 0.243 e. The number of hydrogen-bond acceptors (Lipinski definition) is 8. The van der Waals surface area contributed by atoms with Crippen molar-refractivity contribution < 1.29 is 28.9 Å². The lowest BCUT2D eigenvalue weighted by molar-refractivity contribution is -0.130. The summed E-state index contributed by atoms with van der Waals surface area (Å²) in [5, 5.41) is 22.3. The van der Waals surface area contributed by atoms with Crippen LogP contribution in [0.1, 0.15) is 82.1 Å². The molecule has 0 saturated carbocycles. The van der Waals surface area contributed by atoms with Crippen molar-refractivity contribution in [3.05, 3.63) is 64.7 Å². The number of aliphatic hydroxyl groups is 1. The lowest BCUT2D eigenvalue weighted by Crippen LogP contribution is -2.50. The van der Waals surface area contributed by atoms with Crippen molar-refractivity contribution in [1.82, 2.24) is 10.6 Å². The number of nitriles is 1. The van der Waals surface area contributed by atoms with Gasteiger partial charge in [-0.1, -0.05) is 51.5 Å². The number of benzene rings is 2. The summed E-state index contributed by atoms with van der Waals surface area (Å²) in [6.45, 7) is 10.4. The van der Waals surface area contributed by atoms with Gasteiger partial charge >= 0.3 is 0 Å². The van der Waals surface area contributed by atoms with Crippen molar-refractivity contribution in [3.63, 3.8) is 0 Å². The average Bonchev–Trinajstić information content (AvgIpc) is 3.04. The number of ether oxygens (including phenoxy) is 3. The van der Waals surface area contributed by atoms with Crippen molar-refractivity contribution in [2.45, 2.75) is 91.5 Å². The molecule has 45 heavy (non-hydrogen) atoms. The van der Waals surface area contributed by atoms with E-state index in [0.717, 1.165) is 41.7 Å². The van der Waals surface area contributed by atoms with Gasteiger partial charge in [0.05, 0.1) is 31.5 Å². The van der Waals surface area contributed by atoms with Crippen LogP contribution < -0.4 is 21.1 Å². The number of hydrogen-bond donors (Lipinski definition) is 4. The van der Waals surface area contributed by atoms with Gasteiger partial charge < -0.3 is 35.7 Å². The second kappa shape index (κ2) is 23.8. The molecule has 3 atom stereocenters. The van der Waals surface area contributed by atoms with E-state index in [-0.39, 0.29) is 36.8 Å². The van der Waals surface area contributed by atoms with Crippen molar-refractivity contribution in [2.75, 3.05) is 33.5 Å². The van der Waals surface area contributed by atoms with E-state index in [2.05, 4.69) is 29.7 Å². The van der Waals surface area contributed by atoms with E-state index in [1.807, 2.05) is 38.1 Å². The monoisotopic (exact) mass is 626 g/mol. The van der Waals surface area contributed by atoms with E-state index < -0.39 is 6.04 Å². The van der Waals surface area contributed by atoms with E-state index in [1.54, 1.807) is 26.2 Å². The van der Waals surface area contributed by atoms with Crippen molar-refractivity contribution >= 4 is 11.8 Å². The summed E-state index contributed by atoms with van der Waals surface area (Å²) in [5.74, 6) is 0.468. The first-order valence-corrected chi connectivity index (χ1v) is 16.0. The fourth-order valence-corrected chi connectivity index (χ4v) is 4.38. The standard InChI is InChI=1S/C33H48N4O5.C2H6O/c1-5-24(3)32(33(39)36-21-26-13-11-25(20-34)12-14-26)37-31(38)10-7-9-29(35)23-41-22-27-15-16-28(6-2)30(19-27)42-18-8-17-40-4;1-2-3/h11-16,19,24,29,32H,5-10,17-18,21-23,35H2,1-4H3,(H,36,39)(H,37,38);3H,2H2,1H3/t24-,29?,32?;/m0./s1. The molecule has 5 N–H and O–H groups in total. The van der Waals surface area contributed by atoms with Gasteiger partial charge in [-0.3, -0.25) is 9.59 Å². The van der Waals surface area contributed by atoms with Crippen LogP contribution in [-0.2, 0) is 38.6 Å². The Labute approximate surface area is 269 Å². The van der Waals surface area contributed by atoms with Gasteiger partial charge in [-0.05, 0) is 67.0 Å². The molecule has 0 radical (unpaired) electrons. The average molecular weight is 627 g/mol. The van der Waals surface area contributed by atoms with Gasteiger partial charge in [0.2, 0.25) is 11.8 Å². The van der Waals surface area contributed by atoms with Crippen LogP contribution in [0.5, 0.6) is 5.75 Å². The molecule has 0 bridgehead atoms. The summed E-state index contributed by atoms with van der Waals surface area (Å²) in [5.41, 5.74) is 9.88. The summed E-state index contributed by atoms with van der Waals surface area (Å²) in [4.78, 5) is 25.6. The highest BCUT2D eigenvalue weighted by Crippen LogP contribution is 2.22. The Morgan fingerprint density at radius 2 is 1.73 bits per heavy atom. The predicted octanol–water partition coefficient (Wildman–Crippen LogP) is 4.40. The number of aliphatic hydroxyl groups excluding tert-OH is 1. The van der Waals surface area contributed by atoms with E-state index in [0.29, 0.717) is 51.4 Å². The normalized spacial score (nSPS) is 12.6. The molecule has 0 aliphatic heterocycles. The van der Waals surface area contributed by atoms with E-state index >= 15 is 0 Å². The number of nitrogens with zero attached hydrogens (tertiary/aromatic N) is 1. The fourth-order valence-electron chi connectivity index (χ4n) is 4.38. The molecule has 2 aromatic rings. The number of carbonyl (C=O) groups excluding carboxylic acids is 2. The van der Waals surface area contributed by atoms with Crippen LogP contribution in [0, 0.1) is 17.2 Å². The van der Waals surface area contributed by atoms with E-state index in [4.69, 9.17) is 30.3 Å². The molecule has 0 heterocycles. The number of nitrogens with two attached hydrogens (primary N) is 1. The predicted molar refractivity (Wildman–Crippen MR) is 176 cm³/mol. The van der Waals surface area contributed by atoms with Crippen molar-refractivity contribution in [2.24, 2.45) is 11.7 Å². The summed E-state index contributed by atoms with van der Waals surface area (Å²) in [7, 11) is 1.68. The molecule has 0 saturated heterocycles. The van der Waals surface area contributed by atoms with E-state index in [9.17, 15) is 9.59 Å². The number of nitrogens with one attached hydrogen (secondary N) is 2. The van der Waals surface area contributed by atoms with Crippen LogP contribution in [0.4, 0.5) is 0 Å². The zero-order chi connectivity index (χ0) is 33.5. The first kappa shape index (κ1) is 39.5. The number of carbonyl (C=O) groups is 2. The van der Waals surface area contributed by atoms with Gasteiger partial charge in [-0.25, -0.2) is 0 Å². The highest BCUT2D eigenvalue weighted by Gasteiger charge is 2.25. The van der Waals surface area contributed by atoms with Gasteiger partial charge in [0.25, 0.3) is 0 Å². The molecule has 2 unspecified atom stereocenters. The summed E-state index contributed by atoms with van der Waals surface area (Å²) in [6, 6.07) is 14.5. The second-order valence-electron chi connectivity index (χ2n) is 10.9. The number of methoxy groups -OCH3 is 1. The van der Waals surface area contributed by atoms with Gasteiger partial charge in [-0.15, -0.1) is 0 Å². The quantitative estimate of drug-likeness (QED) is 0.158. The topological polar surface area (TPSA) is 156 Å². The Kier molecular flexibility index (Phi) is 20.9. The number of aryl methyl sites for hydroxylation is 1. The third-order valence-corrected chi connectivity index (χ3v) is 7.20. The first-order valence-electron chi connectivity index (χ1n) is 16.0. The van der Waals surface area contributed by atoms with Gasteiger partial charge in [0, 0.05) is 45.8 Å². The molecule has 2 amide bonds. The highest BCUT2D eigenvalue weighted by molar-refractivity contribution is 5.87. The molecule has 0 aliphatic rings. The Hall–Kier alpha value is -3.49. The molecule has 250 valence electrons. The number of amides is 2. The Balaban J connectivity index is 0.00000324. The molecule has 0 fully saturated rings. The molecule has 2 rings (SSSR count). The lowest BCUT2D eigenvalue weighted by Gasteiger charge is -2.24. The molecule has 2 aromatic carbocycles. The van der Waals surface area contributed by atoms with Crippen LogP contribution in [0.3, 0.4) is 0 Å². The van der Waals surface area contributed by atoms with Crippen molar-refractivity contribution in [3.8, 4) is 11.8 Å². The van der Waals surface area contributed by atoms with Gasteiger partial charge in [-0.2, -0.15) is 5.26 Å². The zero-order valence-corrected chi connectivity index (χ0v) is 27.8. The third kappa shape index (κ3) is 16.4. The van der Waals surface area contributed by atoms with Crippen LogP contribution in [-0.4, -0.2) is 62.5 Å². The first-order chi connectivity index (χ1) is 21.7. The third-order valence-electron chi connectivity index (χ3n) is 7.20. The molecule has 0 aliphatic carbocycles. The van der Waals surface area contributed by atoms with Gasteiger partial charge in [0.1, 0.15) is 11.8 Å². The van der Waals surface area contributed by atoms with Crippen molar-refractivity contribution in [1.29, 1.82) is 5.26 Å². The molecule has 10 nitrogen and oxygen atoms in total. The molecule has 0 spiro atoms. The minimum absolute atomic E-state index is 0.0202. The summed E-state index contributed by atoms with van der Waals surface area (Å²) in [6.07, 6.45) is 3.99. The second-order valence-corrected chi connectivity index (χ2v) is 10.9. The zero-order valence-electron chi connectivity index (χ0n) is 27.8. The largest absolute Gasteiger partial charge is 0.493 e. The molecule has 10 heteroatoms. The number of rotatable bonds is 20. The Bertz CT molecular complexity index is 1150. The summed E-state index contributed by atoms with van der Waals surface area (Å²) >= 11 is 0. The van der Waals surface area contributed by atoms with E-state index in [1.165, 1.54) is 0 Å². The minimum atomic E-state index is -0.620. The maximum absolute atomic E-state index is 12.9. The van der Waals surface area contributed by atoms with Crippen LogP contribution in [0.15, 0.2) is 42.5 Å². The van der Waals surface area contributed by atoms with Crippen LogP contribution >= 0.6 is 0 Å². The Morgan fingerprint density at radius 3 is 2.36 bits per heavy atom. The maximum Gasteiger partial charge on any atom is 0.243 e. The maximum atomic E-state index is 12.9. The SMILES string of the molecule is CCO.CCc1ccc(COCC(N)CCCC(=O)NC(C(=O)NCc2ccc(C#N)cc2)[C@@H](C)CC)cc1OCCCOC. The lowest BCUT2D eigenvalue weighted by atomic mass is 9.97. The van der Waals surface area contributed by atoms with Crippen LogP contribution in [0.25, 0.3) is 0 Å². The molecule has 0 aromatic heterocycles. The summed E-state index contributed by atoms with van der Waals surface area (Å²) < 4.78 is 16.9. The minimum Gasteiger partial charge on any atom is -0.493 e. The molecular formula is C35H54N4O6. The Morgan fingerprint density at radius 1 is 1.04 bits per heavy atom. The van der Waals surface area contributed by atoms with Gasteiger partial charge in [0.15, 0.2) is 0 Å².